The standard InChI is InChI=1S/C19H22N2/c1-2-7-14-13(6-1)12-21-11-5-9-16-15-8-3-4-10-17(15)20-18(16)19(14)21/h1-4,8,10,13-14,19-20H,5-7,9,11-12H2/t13-,14+,19-/m0/s1. The van der Waals surface area contributed by atoms with Gasteiger partial charge in [0, 0.05) is 23.1 Å². The number of fused-ring (bicyclic) bond motifs is 7. The van der Waals surface area contributed by atoms with E-state index in [1.54, 1.807) is 5.56 Å². The predicted molar refractivity (Wildman–Crippen MR) is 86.3 cm³/mol. The van der Waals surface area contributed by atoms with Gasteiger partial charge >= 0.3 is 0 Å². The average Bonchev–Trinajstić information content (AvgIpc) is 3.00. The minimum atomic E-state index is 0.629. The second-order valence-electron chi connectivity index (χ2n) is 6.97. The second kappa shape index (κ2) is 4.48. The fourth-order valence-electron chi connectivity index (χ4n) is 5.00. The summed E-state index contributed by atoms with van der Waals surface area (Å²) in [5.74, 6) is 1.69. The molecular formula is C19H22N2. The summed E-state index contributed by atoms with van der Waals surface area (Å²) in [5.41, 5.74) is 4.48. The Balaban J connectivity index is 1.69. The van der Waals surface area contributed by atoms with E-state index in [0.29, 0.717) is 6.04 Å². The summed E-state index contributed by atoms with van der Waals surface area (Å²) in [5, 5.41) is 1.46. The highest BCUT2D eigenvalue weighted by atomic mass is 15.2. The number of H-pyrrole nitrogens is 1. The van der Waals surface area contributed by atoms with Gasteiger partial charge in [-0.1, -0.05) is 30.4 Å². The van der Waals surface area contributed by atoms with Crippen LogP contribution in [-0.2, 0) is 6.42 Å². The molecule has 108 valence electrons. The second-order valence-corrected chi connectivity index (χ2v) is 6.97. The maximum atomic E-state index is 3.79. The van der Waals surface area contributed by atoms with E-state index in [1.807, 2.05) is 0 Å². The van der Waals surface area contributed by atoms with E-state index in [9.17, 15) is 0 Å². The van der Waals surface area contributed by atoms with Crippen molar-refractivity contribution in [2.75, 3.05) is 13.1 Å². The third-order valence-corrected chi connectivity index (χ3v) is 5.90. The number of nitrogens with zero attached hydrogens (tertiary/aromatic N) is 1. The molecule has 1 aromatic carbocycles. The van der Waals surface area contributed by atoms with Crippen molar-refractivity contribution in [3.63, 3.8) is 0 Å². The van der Waals surface area contributed by atoms with Crippen LogP contribution < -0.4 is 0 Å². The van der Waals surface area contributed by atoms with Gasteiger partial charge in [-0.05, 0) is 55.7 Å². The van der Waals surface area contributed by atoms with Crippen LogP contribution >= 0.6 is 0 Å². The number of hydrogen-bond donors (Lipinski definition) is 1. The number of nitrogens with one attached hydrogen (secondary N) is 1. The normalized spacial score (nSPS) is 31.7. The molecule has 3 heterocycles. The Morgan fingerprint density at radius 3 is 3.00 bits per heavy atom. The Morgan fingerprint density at radius 2 is 2.00 bits per heavy atom. The SMILES string of the molecule is C1=CC[C@@H]2[C@@H](C1)CN1CCCc3c([nH]c4ccccc34)[C@H]21. The molecule has 5 rings (SSSR count). The van der Waals surface area contributed by atoms with Gasteiger partial charge in [-0.3, -0.25) is 4.90 Å². The third kappa shape index (κ3) is 1.69. The van der Waals surface area contributed by atoms with Crippen LogP contribution in [-0.4, -0.2) is 23.0 Å². The van der Waals surface area contributed by atoms with Crippen molar-refractivity contribution in [2.45, 2.75) is 31.7 Å². The zero-order valence-electron chi connectivity index (χ0n) is 12.4. The lowest BCUT2D eigenvalue weighted by molar-refractivity contribution is 0.229. The van der Waals surface area contributed by atoms with Crippen LogP contribution in [0.3, 0.4) is 0 Å². The Labute approximate surface area is 125 Å². The predicted octanol–water partition coefficient (Wildman–Crippen LogP) is 4.05. The molecule has 0 spiro atoms. The highest BCUT2D eigenvalue weighted by Crippen LogP contribution is 2.48. The van der Waals surface area contributed by atoms with Crippen molar-refractivity contribution in [1.29, 1.82) is 0 Å². The maximum absolute atomic E-state index is 3.79. The van der Waals surface area contributed by atoms with Crippen molar-refractivity contribution in [2.24, 2.45) is 11.8 Å². The number of hydrogen-bond acceptors (Lipinski definition) is 1. The van der Waals surface area contributed by atoms with E-state index in [2.05, 4.69) is 46.3 Å². The van der Waals surface area contributed by atoms with Crippen LogP contribution in [0.15, 0.2) is 36.4 Å². The zero-order valence-corrected chi connectivity index (χ0v) is 12.4. The van der Waals surface area contributed by atoms with Gasteiger partial charge in [0.2, 0.25) is 0 Å². The van der Waals surface area contributed by atoms with Crippen molar-refractivity contribution >= 4 is 10.9 Å². The molecule has 2 aromatic rings. The molecule has 3 atom stereocenters. The molecule has 21 heavy (non-hydrogen) atoms. The number of aryl methyl sites for hydroxylation is 1. The van der Waals surface area contributed by atoms with Crippen LogP contribution in [0.1, 0.15) is 36.6 Å². The molecule has 0 unspecified atom stereocenters. The first-order valence-corrected chi connectivity index (χ1v) is 8.40. The highest BCUT2D eigenvalue weighted by Gasteiger charge is 2.44. The van der Waals surface area contributed by atoms with Crippen molar-refractivity contribution in [3.8, 4) is 0 Å². The van der Waals surface area contributed by atoms with Gasteiger partial charge in [-0.15, -0.1) is 0 Å². The first kappa shape index (κ1) is 12.0. The van der Waals surface area contributed by atoms with Crippen LogP contribution in [0.4, 0.5) is 0 Å². The van der Waals surface area contributed by atoms with Gasteiger partial charge < -0.3 is 4.98 Å². The molecule has 0 radical (unpaired) electrons. The van der Waals surface area contributed by atoms with Gasteiger partial charge in [0.1, 0.15) is 0 Å². The average molecular weight is 278 g/mol. The van der Waals surface area contributed by atoms with E-state index >= 15 is 0 Å². The molecule has 0 bridgehead atoms. The fourth-order valence-corrected chi connectivity index (χ4v) is 5.00. The zero-order chi connectivity index (χ0) is 13.8. The van der Waals surface area contributed by atoms with E-state index in [0.717, 1.165) is 11.8 Å². The largest absolute Gasteiger partial charge is 0.357 e. The summed E-state index contributed by atoms with van der Waals surface area (Å²) in [4.78, 5) is 6.56. The minimum Gasteiger partial charge on any atom is -0.357 e. The molecule has 1 aromatic heterocycles. The quantitative estimate of drug-likeness (QED) is 0.720. The number of para-hydroxylation sites is 1. The first-order chi connectivity index (χ1) is 10.4. The molecule has 1 fully saturated rings. The maximum Gasteiger partial charge on any atom is 0.0536 e. The fraction of sp³-hybridized carbons (Fsp3) is 0.474. The number of benzene rings is 1. The molecule has 1 N–H and O–H groups in total. The lowest BCUT2D eigenvalue weighted by Gasteiger charge is -2.27. The van der Waals surface area contributed by atoms with E-state index in [-0.39, 0.29) is 0 Å². The number of rotatable bonds is 0. The summed E-state index contributed by atoms with van der Waals surface area (Å²) < 4.78 is 0. The molecule has 2 nitrogen and oxygen atoms in total. The van der Waals surface area contributed by atoms with Gasteiger partial charge in [0.15, 0.2) is 0 Å². The van der Waals surface area contributed by atoms with E-state index in [1.165, 1.54) is 55.4 Å². The molecule has 3 aliphatic rings. The van der Waals surface area contributed by atoms with Gasteiger partial charge in [-0.2, -0.15) is 0 Å². The van der Waals surface area contributed by atoms with E-state index in [4.69, 9.17) is 0 Å². The Hall–Kier alpha value is -1.54. The Kier molecular flexibility index (Phi) is 2.57. The van der Waals surface area contributed by atoms with Crippen LogP contribution in [0.5, 0.6) is 0 Å². The monoisotopic (exact) mass is 278 g/mol. The van der Waals surface area contributed by atoms with Gasteiger partial charge in [0.05, 0.1) is 6.04 Å². The number of allylic oxidation sites excluding steroid dienone is 2. The molecular weight excluding hydrogens is 256 g/mol. The molecule has 0 amide bonds. The lowest BCUT2D eigenvalue weighted by atomic mass is 9.80. The van der Waals surface area contributed by atoms with Crippen LogP contribution in [0.2, 0.25) is 0 Å². The Bertz CT molecular complexity index is 711. The topological polar surface area (TPSA) is 19.0 Å². The smallest absolute Gasteiger partial charge is 0.0536 e. The van der Waals surface area contributed by atoms with Crippen LogP contribution in [0, 0.1) is 11.8 Å². The third-order valence-electron chi connectivity index (χ3n) is 5.90. The van der Waals surface area contributed by atoms with Gasteiger partial charge in [-0.25, -0.2) is 0 Å². The molecule has 1 aliphatic carbocycles. The first-order valence-electron chi connectivity index (χ1n) is 8.40. The lowest BCUT2D eigenvalue weighted by Crippen LogP contribution is -2.25. The molecule has 1 saturated heterocycles. The summed E-state index contributed by atoms with van der Waals surface area (Å²) in [6, 6.07) is 9.50. The highest BCUT2D eigenvalue weighted by molar-refractivity contribution is 5.85. The molecule has 2 heteroatoms. The number of aromatic nitrogens is 1. The summed E-state index contributed by atoms with van der Waals surface area (Å²) in [6.45, 7) is 2.57. The summed E-state index contributed by atoms with van der Waals surface area (Å²) >= 11 is 0. The van der Waals surface area contributed by atoms with Crippen LogP contribution in [0.25, 0.3) is 10.9 Å². The molecule has 2 aliphatic heterocycles. The van der Waals surface area contributed by atoms with Crippen molar-refractivity contribution in [1.82, 2.24) is 9.88 Å². The van der Waals surface area contributed by atoms with Crippen molar-refractivity contribution < 1.29 is 0 Å². The summed E-state index contributed by atoms with van der Waals surface area (Å²) in [6.07, 6.45) is 9.91. The Morgan fingerprint density at radius 1 is 1.10 bits per heavy atom. The molecule has 0 saturated carbocycles. The summed E-state index contributed by atoms with van der Waals surface area (Å²) in [7, 11) is 0. The van der Waals surface area contributed by atoms with Crippen molar-refractivity contribution in [3.05, 3.63) is 47.7 Å². The minimum absolute atomic E-state index is 0.629. The number of aromatic amines is 1. The van der Waals surface area contributed by atoms with Gasteiger partial charge in [0.25, 0.3) is 0 Å². The van der Waals surface area contributed by atoms with E-state index < -0.39 is 0 Å².